The van der Waals surface area contributed by atoms with Gasteiger partial charge in [0.05, 0.1) is 18.3 Å². The number of carbonyl (C=O) groups is 1. The van der Waals surface area contributed by atoms with Crippen LogP contribution in [0.15, 0.2) is 48.5 Å². The number of benzene rings is 2. The molecule has 134 valence electrons. The summed E-state index contributed by atoms with van der Waals surface area (Å²) in [6.45, 7) is 7.74. The van der Waals surface area contributed by atoms with Crippen LogP contribution in [0.2, 0.25) is 0 Å². The van der Waals surface area contributed by atoms with E-state index in [9.17, 15) is 4.79 Å². The molecule has 2 aromatic rings. The van der Waals surface area contributed by atoms with Gasteiger partial charge in [-0.1, -0.05) is 43.3 Å². The van der Waals surface area contributed by atoms with E-state index in [-0.39, 0.29) is 12.0 Å². The van der Waals surface area contributed by atoms with Crippen molar-refractivity contribution in [3.63, 3.8) is 0 Å². The monoisotopic (exact) mass is 341 g/mol. The van der Waals surface area contributed by atoms with Crippen LogP contribution in [0.1, 0.15) is 48.7 Å². The van der Waals surface area contributed by atoms with Crippen molar-refractivity contribution < 1.29 is 14.3 Å². The van der Waals surface area contributed by atoms with Crippen LogP contribution in [0.3, 0.4) is 0 Å². The summed E-state index contributed by atoms with van der Waals surface area (Å²) in [5.74, 6) is 0.468. The largest absolute Gasteiger partial charge is 0.490 e. The molecule has 0 fully saturated rings. The lowest BCUT2D eigenvalue weighted by molar-refractivity contribution is 0.0943. The Hall–Kier alpha value is -2.33. The first-order valence-corrected chi connectivity index (χ1v) is 8.80. The van der Waals surface area contributed by atoms with Crippen LogP contribution < -0.4 is 10.1 Å². The molecule has 1 amide bonds. The zero-order valence-corrected chi connectivity index (χ0v) is 15.2. The van der Waals surface area contributed by atoms with Gasteiger partial charge in [0, 0.05) is 13.2 Å². The number of para-hydroxylation sites is 1. The highest BCUT2D eigenvalue weighted by molar-refractivity contribution is 5.96. The molecule has 0 aliphatic rings. The quantitative estimate of drug-likeness (QED) is 0.691. The second kappa shape index (κ2) is 9.84. The molecule has 0 aromatic heterocycles. The number of rotatable bonds is 9. The fourth-order valence-corrected chi connectivity index (χ4v) is 2.48. The molecule has 0 atom stereocenters. The van der Waals surface area contributed by atoms with E-state index in [1.165, 1.54) is 0 Å². The van der Waals surface area contributed by atoms with Crippen molar-refractivity contribution >= 4 is 5.91 Å². The molecule has 0 aliphatic carbocycles. The first kappa shape index (κ1) is 19.0. The highest BCUT2D eigenvalue weighted by Gasteiger charge is 2.13. The van der Waals surface area contributed by atoms with Gasteiger partial charge in [-0.05, 0) is 43.5 Å². The summed E-state index contributed by atoms with van der Waals surface area (Å²) in [6, 6.07) is 15.3. The summed E-state index contributed by atoms with van der Waals surface area (Å²) in [6.07, 6.45) is 1.01. The van der Waals surface area contributed by atoms with E-state index in [0.717, 1.165) is 24.2 Å². The molecular weight excluding hydrogens is 314 g/mol. The number of carbonyl (C=O) groups excluding carboxylic acids is 1. The highest BCUT2D eigenvalue weighted by Crippen LogP contribution is 2.19. The molecule has 0 saturated carbocycles. The van der Waals surface area contributed by atoms with Gasteiger partial charge in [-0.15, -0.1) is 0 Å². The van der Waals surface area contributed by atoms with Crippen molar-refractivity contribution in [3.05, 3.63) is 65.2 Å². The third-order valence-electron chi connectivity index (χ3n) is 3.66. The molecule has 1 N–H and O–H groups in total. The van der Waals surface area contributed by atoms with Crippen molar-refractivity contribution in [2.45, 2.75) is 46.4 Å². The smallest absolute Gasteiger partial charge is 0.255 e. The zero-order chi connectivity index (χ0) is 18.1. The lowest BCUT2D eigenvalue weighted by Gasteiger charge is -2.15. The van der Waals surface area contributed by atoms with E-state index in [2.05, 4.69) is 12.2 Å². The summed E-state index contributed by atoms with van der Waals surface area (Å²) < 4.78 is 11.4. The van der Waals surface area contributed by atoms with Gasteiger partial charge in [-0.3, -0.25) is 4.79 Å². The number of hydrogen-bond donors (Lipinski definition) is 1. The molecule has 2 rings (SSSR count). The molecule has 0 bridgehead atoms. The first-order chi connectivity index (χ1) is 12.1. The molecule has 0 aliphatic heterocycles. The van der Waals surface area contributed by atoms with Crippen molar-refractivity contribution in [2.75, 3.05) is 6.61 Å². The summed E-state index contributed by atoms with van der Waals surface area (Å²) in [5, 5.41) is 2.99. The SMILES string of the molecule is CCCOCc1ccccc1CNC(=O)c1ccccc1OC(C)C. The van der Waals surface area contributed by atoms with Crippen molar-refractivity contribution in [1.29, 1.82) is 0 Å². The van der Waals surface area contributed by atoms with Crippen LogP contribution in [0.5, 0.6) is 5.75 Å². The first-order valence-electron chi connectivity index (χ1n) is 8.80. The number of amides is 1. The van der Waals surface area contributed by atoms with Crippen molar-refractivity contribution in [2.24, 2.45) is 0 Å². The van der Waals surface area contributed by atoms with Gasteiger partial charge in [0.1, 0.15) is 5.75 Å². The Morgan fingerprint density at radius 3 is 2.44 bits per heavy atom. The summed E-state index contributed by atoms with van der Waals surface area (Å²) in [5.41, 5.74) is 2.72. The minimum Gasteiger partial charge on any atom is -0.490 e. The fraction of sp³-hybridized carbons (Fsp3) is 0.381. The normalized spacial score (nSPS) is 10.7. The topological polar surface area (TPSA) is 47.6 Å². The van der Waals surface area contributed by atoms with Gasteiger partial charge in [0.2, 0.25) is 0 Å². The number of ether oxygens (including phenoxy) is 2. The predicted octanol–water partition coefficient (Wildman–Crippen LogP) is 4.33. The maximum atomic E-state index is 12.6. The van der Waals surface area contributed by atoms with E-state index in [0.29, 0.717) is 24.5 Å². The molecule has 2 aromatic carbocycles. The molecular formula is C21H27NO3. The third kappa shape index (κ3) is 5.91. The standard InChI is InChI=1S/C21H27NO3/c1-4-13-24-15-18-10-6-5-9-17(18)14-22-21(23)19-11-7-8-12-20(19)25-16(2)3/h5-12,16H,4,13-15H2,1-3H3,(H,22,23). The van der Waals surface area contributed by atoms with E-state index in [1.54, 1.807) is 6.07 Å². The average molecular weight is 341 g/mol. The molecule has 25 heavy (non-hydrogen) atoms. The predicted molar refractivity (Wildman–Crippen MR) is 99.8 cm³/mol. The van der Waals surface area contributed by atoms with Crippen molar-refractivity contribution in [3.8, 4) is 5.75 Å². The van der Waals surface area contributed by atoms with Crippen LogP contribution in [-0.4, -0.2) is 18.6 Å². The van der Waals surface area contributed by atoms with Crippen LogP contribution in [0.4, 0.5) is 0 Å². The molecule has 0 radical (unpaired) electrons. The molecule has 0 heterocycles. The van der Waals surface area contributed by atoms with E-state index >= 15 is 0 Å². The van der Waals surface area contributed by atoms with Gasteiger partial charge >= 0.3 is 0 Å². The van der Waals surface area contributed by atoms with Crippen LogP contribution in [-0.2, 0) is 17.9 Å². The van der Waals surface area contributed by atoms with Crippen LogP contribution >= 0.6 is 0 Å². The van der Waals surface area contributed by atoms with E-state index in [4.69, 9.17) is 9.47 Å². The Bertz CT molecular complexity index is 682. The van der Waals surface area contributed by atoms with Crippen molar-refractivity contribution in [1.82, 2.24) is 5.32 Å². The fourth-order valence-electron chi connectivity index (χ4n) is 2.48. The van der Waals surface area contributed by atoms with Gasteiger partial charge in [0.15, 0.2) is 0 Å². The maximum absolute atomic E-state index is 12.6. The van der Waals surface area contributed by atoms with Crippen LogP contribution in [0, 0.1) is 0 Å². The summed E-state index contributed by atoms with van der Waals surface area (Å²) in [4.78, 5) is 12.6. The number of hydrogen-bond acceptors (Lipinski definition) is 3. The molecule has 4 heteroatoms. The minimum atomic E-state index is -0.138. The number of nitrogens with one attached hydrogen (secondary N) is 1. The highest BCUT2D eigenvalue weighted by atomic mass is 16.5. The van der Waals surface area contributed by atoms with E-state index < -0.39 is 0 Å². The second-order valence-electron chi connectivity index (χ2n) is 6.17. The van der Waals surface area contributed by atoms with E-state index in [1.807, 2.05) is 56.3 Å². The van der Waals surface area contributed by atoms with Crippen LogP contribution in [0.25, 0.3) is 0 Å². The van der Waals surface area contributed by atoms with Gasteiger partial charge < -0.3 is 14.8 Å². The molecule has 0 unspecified atom stereocenters. The molecule has 0 spiro atoms. The zero-order valence-electron chi connectivity index (χ0n) is 15.2. The second-order valence-corrected chi connectivity index (χ2v) is 6.17. The summed E-state index contributed by atoms with van der Waals surface area (Å²) >= 11 is 0. The molecule has 4 nitrogen and oxygen atoms in total. The Kier molecular flexibility index (Phi) is 7.48. The minimum absolute atomic E-state index is 0.0189. The maximum Gasteiger partial charge on any atom is 0.255 e. The van der Waals surface area contributed by atoms with Gasteiger partial charge in [-0.2, -0.15) is 0 Å². The summed E-state index contributed by atoms with van der Waals surface area (Å²) in [7, 11) is 0. The lowest BCUT2D eigenvalue weighted by Crippen LogP contribution is -2.24. The Labute approximate surface area is 150 Å². The average Bonchev–Trinajstić information content (AvgIpc) is 2.61. The Balaban J connectivity index is 2.03. The Morgan fingerprint density at radius 1 is 1.04 bits per heavy atom. The molecule has 0 saturated heterocycles. The van der Waals surface area contributed by atoms with Gasteiger partial charge in [0.25, 0.3) is 5.91 Å². The lowest BCUT2D eigenvalue weighted by atomic mass is 10.1. The van der Waals surface area contributed by atoms with Gasteiger partial charge in [-0.25, -0.2) is 0 Å². The Morgan fingerprint density at radius 2 is 1.72 bits per heavy atom. The third-order valence-corrected chi connectivity index (χ3v) is 3.66.